The minimum atomic E-state index is -0.503. The molecule has 0 amide bonds. The van der Waals surface area contributed by atoms with Gasteiger partial charge >= 0.3 is 5.69 Å². The van der Waals surface area contributed by atoms with E-state index in [0.29, 0.717) is 32.3 Å². The van der Waals surface area contributed by atoms with Crippen LogP contribution in [0, 0.1) is 24.0 Å². The van der Waals surface area contributed by atoms with Crippen molar-refractivity contribution in [2.24, 2.45) is 5.10 Å². The summed E-state index contributed by atoms with van der Waals surface area (Å²) in [5.41, 5.74) is 4.66. The smallest absolute Gasteiger partial charge is 0.312 e. The van der Waals surface area contributed by atoms with E-state index in [2.05, 4.69) is 34.9 Å². The number of ether oxygens (including phenoxy) is 2. The highest BCUT2D eigenvalue weighted by atomic mass is 79.9. The monoisotopic (exact) mass is 654 g/mol. The average Bonchev–Trinajstić information content (AvgIpc) is 2.99. The number of hydrogen-bond acceptors (Lipinski definition) is 7. The molecule has 10 heteroatoms. The van der Waals surface area contributed by atoms with Gasteiger partial charge in [0.15, 0.2) is 5.82 Å². The summed E-state index contributed by atoms with van der Waals surface area (Å²) in [5.74, 6) is 1.26. The first-order valence-corrected chi connectivity index (χ1v) is 14.8. The molecule has 0 aliphatic rings. The molecule has 0 aliphatic heterocycles. The zero-order chi connectivity index (χ0) is 31.5. The third-order valence-electron chi connectivity index (χ3n) is 7.23. The predicted octanol–water partition coefficient (Wildman–Crippen LogP) is 7.94. The minimum absolute atomic E-state index is 0.0366. The molecule has 0 aliphatic carbocycles. The summed E-state index contributed by atoms with van der Waals surface area (Å²) >= 11 is 3.38. The second kappa shape index (κ2) is 12.8. The van der Waals surface area contributed by atoms with Crippen molar-refractivity contribution in [1.29, 1.82) is 0 Å². The van der Waals surface area contributed by atoms with Gasteiger partial charge in [0.1, 0.15) is 12.4 Å². The number of aromatic nitrogens is 2. The molecule has 0 saturated carbocycles. The second-order valence-electron chi connectivity index (χ2n) is 10.8. The van der Waals surface area contributed by atoms with E-state index in [1.54, 1.807) is 31.4 Å². The van der Waals surface area contributed by atoms with Gasteiger partial charge in [0.05, 0.1) is 29.2 Å². The third kappa shape index (κ3) is 6.26. The fraction of sp³-hybridized carbons (Fsp3) is 0.206. The summed E-state index contributed by atoms with van der Waals surface area (Å²) in [6, 6.07) is 21.7. The van der Waals surface area contributed by atoms with Gasteiger partial charge in [-0.25, -0.2) is 4.98 Å². The number of fused-ring (bicyclic) bond motifs is 1. The number of benzene rings is 4. The second-order valence-corrected chi connectivity index (χ2v) is 11.7. The molecule has 5 rings (SSSR count). The molecule has 0 unspecified atom stereocenters. The molecule has 0 bridgehead atoms. The van der Waals surface area contributed by atoms with Crippen LogP contribution in [0.2, 0.25) is 0 Å². The molecule has 44 heavy (non-hydrogen) atoms. The minimum Gasteiger partial charge on any atom is -0.496 e. The van der Waals surface area contributed by atoms with E-state index >= 15 is 0 Å². The lowest BCUT2D eigenvalue weighted by molar-refractivity contribution is -0.386. The highest BCUT2D eigenvalue weighted by Crippen LogP contribution is 2.36. The Morgan fingerprint density at radius 3 is 2.55 bits per heavy atom. The molecule has 4 aromatic carbocycles. The molecule has 0 saturated heterocycles. The summed E-state index contributed by atoms with van der Waals surface area (Å²) in [6.45, 7) is 8.12. The average molecular weight is 656 g/mol. The molecule has 224 valence electrons. The third-order valence-corrected chi connectivity index (χ3v) is 7.69. The van der Waals surface area contributed by atoms with Crippen molar-refractivity contribution in [3.8, 4) is 22.9 Å². The van der Waals surface area contributed by atoms with Crippen LogP contribution in [0.5, 0.6) is 11.5 Å². The van der Waals surface area contributed by atoms with Gasteiger partial charge < -0.3 is 9.47 Å². The summed E-state index contributed by atoms with van der Waals surface area (Å²) in [6.07, 6.45) is 1.40. The maximum Gasteiger partial charge on any atom is 0.312 e. The zero-order valence-corrected chi connectivity index (χ0v) is 26.6. The van der Waals surface area contributed by atoms with Crippen LogP contribution in [0.15, 0.2) is 87.2 Å². The van der Waals surface area contributed by atoms with Crippen LogP contribution in [0.25, 0.3) is 22.3 Å². The number of nitro groups is 1. The Labute approximate surface area is 263 Å². The topological polar surface area (TPSA) is 109 Å². The molecule has 0 atom stereocenters. The van der Waals surface area contributed by atoms with Crippen molar-refractivity contribution < 1.29 is 14.4 Å². The maximum absolute atomic E-state index is 13.9. The molecule has 1 aromatic heterocycles. The maximum atomic E-state index is 13.9. The van der Waals surface area contributed by atoms with Crippen LogP contribution in [0.1, 0.15) is 47.6 Å². The number of para-hydroxylation sites is 1. The van der Waals surface area contributed by atoms with Crippen molar-refractivity contribution in [1.82, 2.24) is 9.66 Å². The van der Waals surface area contributed by atoms with E-state index < -0.39 is 4.92 Å². The lowest BCUT2D eigenvalue weighted by Crippen LogP contribution is -2.21. The van der Waals surface area contributed by atoms with E-state index in [9.17, 15) is 14.9 Å². The normalized spacial score (nSPS) is 11.4. The number of nitro benzene ring substituents is 1. The summed E-state index contributed by atoms with van der Waals surface area (Å²) in [4.78, 5) is 30.3. The highest BCUT2D eigenvalue weighted by molar-refractivity contribution is 9.10. The number of halogens is 1. The Morgan fingerprint density at radius 1 is 1.07 bits per heavy atom. The van der Waals surface area contributed by atoms with Crippen LogP contribution >= 0.6 is 15.9 Å². The number of aryl methyl sites for hydroxylation is 2. The Bertz CT molecular complexity index is 1980. The van der Waals surface area contributed by atoms with Gasteiger partial charge in [-0.2, -0.15) is 9.78 Å². The zero-order valence-electron chi connectivity index (χ0n) is 25.0. The Kier molecular flexibility index (Phi) is 8.91. The molecular formula is C34H31BrN4O5. The van der Waals surface area contributed by atoms with Gasteiger partial charge in [-0.3, -0.25) is 14.9 Å². The molecule has 0 fully saturated rings. The summed E-state index contributed by atoms with van der Waals surface area (Å²) in [5, 5.41) is 17.0. The quantitative estimate of drug-likeness (QED) is 0.0906. The van der Waals surface area contributed by atoms with Crippen LogP contribution in [0.4, 0.5) is 5.69 Å². The molecular weight excluding hydrogens is 624 g/mol. The van der Waals surface area contributed by atoms with E-state index in [-0.39, 0.29) is 29.5 Å². The Hall–Kier alpha value is -4.83. The van der Waals surface area contributed by atoms with Gasteiger partial charge in [-0.05, 0) is 66.8 Å². The lowest BCUT2D eigenvalue weighted by Gasteiger charge is -2.17. The fourth-order valence-electron chi connectivity index (χ4n) is 5.04. The van der Waals surface area contributed by atoms with Gasteiger partial charge in [-0.1, -0.05) is 71.7 Å². The SMILES string of the molecule is COc1cc(C)c(-c2nc3ccccc3c(=O)n2N=Cc2cc(Br)cc([N+](=O)[O-])c2OCc2cccc(C)c2)cc1C(C)C. The Balaban J connectivity index is 1.70. The standard InChI is InChI=1S/C34H31BrN4O5/c1-20(2)27-17-28(22(4)14-31(27)43-5)33-37-29-12-7-6-11-26(29)34(40)38(33)36-18-24-15-25(35)16-30(39(41)42)32(24)44-19-23-10-8-9-21(3)13-23/h6-18,20H,19H2,1-5H3. The van der Waals surface area contributed by atoms with Crippen molar-refractivity contribution in [3.05, 3.63) is 126 Å². The summed E-state index contributed by atoms with van der Waals surface area (Å²) in [7, 11) is 1.63. The predicted molar refractivity (Wildman–Crippen MR) is 176 cm³/mol. The van der Waals surface area contributed by atoms with E-state index in [1.807, 2.05) is 56.3 Å². The molecule has 0 N–H and O–H groups in total. The van der Waals surface area contributed by atoms with Crippen molar-refractivity contribution in [2.75, 3.05) is 7.11 Å². The van der Waals surface area contributed by atoms with Gasteiger partial charge in [0, 0.05) is 21.7 Å². The van der Waals surface area contributed by atoms with Crippen molar-refractivity contribution in [2.45, 2.75) is 40.2 Å². The molecule has 1 heterocycles. The van der Waals surface area contributed by atoms with Crippen molar-refractivity contribution in [3.63, 3.8) is 0 Å². The van der Waals surface area contributed by atoms with Crippen LogP contribution < -0.4 is 15.0 Å². The van der Waals surface area contributed by atoms with Crippen LogP contribution in [0.3, 0.4) is 0 Å². The largest absolute Gasteiger partial charge is 0.496 e. The van der Waals surface area contributed by atoms with Gasteiger partial charge in [-0.15, -0.1) is 0 Å². The van der Waals surface area contributed by atoms with Gasteiger partial charge in [0.2, 0.25) is 5.75 Å². The fourth-order valence-corrected chi connectivity index (χ4v) is 5.50. The molecule has 0 spiro atoms. The Morgan fingerprint density at radius 2 is 1.84 bits per heavy atom. The van der Waals surface area contributed by atoms with E-state index in [0.717, 1.165) is 28.0 Å². The van der Waals surface area contributed by atoms with Crippen LogP contribution in [-0.2, 0) is 6.61 Å². The lowest BCUT2D eigenvalue weighted by atomic mass is 9.96. The number of nitrogens with zero attached hydrogens (tertiary/aromatic N) is 4. The molecule has 9 nitrogen and oxygen atoms in total. The highest BCUT2D eigenvalue weighted by Gasteiger charge is 2.22. The first kappa shape index (κ1) is 30.6. The van der Waals surface area contributed by atoms with Crippen LogP contribution in [-0.4, -0.2) is 27.9 Å². The number of hydrogen-bond donors (Lipinski definition) is 0. The number of rotatable bonds is 9. The number of methoxy groups -OCH3 is 1. The summed E-state index contributed by atoms with van der Waals surface area (Å²) < 4.78 is 13.4. The first-order chi connectivity index (χ1) is 21.1. The molecule has 0 radical (unpaired) electrons. The molecule has 5 aromatic rings. The van der Waals surface area contributed by atoms with Gasteiger partial charge in [0.25, 0.3) is 5.56 Å². The van der Waals surface area contributed by atoms with E-state index in [4.69, 9.17) is 14.5 Å². The first-order valence-electron chi connectivity index (χ1n) is 14.0. The van der Waals surface area contributed by atoms with Crippen molar-refractivity contribution >= 4 is 38.7 Å². The van der Waals surface area contributed by atoms with E-state index in [1.165, 1.54) is 17.0 Å².